The third-order valence-electron chi connectivity index (χ3n) is 9.25. The van der Waals surface area contributed by atoms with Crippen LogP contribution in [0.3, 0.4) is 0 Å². The maximum Gasteiger partial charge on any atom is 0.118 e. The number of halogens is 1. The molecule has 0 unspecified atom stereocenters. The summed E-state index contributed by atoms with van der Waals surface area (Å²) in [5.41, 5.74) is 13.6. The van der Waals surface area contributed by atoms with E-state index in [0.29, 0.717) is 0 Å². The molecule has 0 spiro atoms. The zero-order valence-corrected chi connectivity index (χ0v) is 28.8. The van der Waals surface area contributed by atoms with Crippen LogP contribution in [-0.4, -0.2) is 20.4 Å². The molecule has 5 aromatic carbocycles. The molecule has 5 aromatic rings. The number of hydrogen-bond donors (Lipinski definition) is 4. The molecule has 5 heteroatoms. The van der Waals surface area contributed by atoms with Gasteiger partial charge in [0.25, 0.3) is 0 Å². The van der Waals surface area contributed by atoms with Gasteiger partial charge in [0.05, 0.1) is 0 Å². The van der Waals surface area contributed by atoms with Crippen molar-refractivity contribution in [3.63, 3.8) is 0 Å². The summed E-state index contributed by atoms with van der Waals surface area (Å²) in [5.74, 6) is 0.762. The van der Waals surface area contributed by atoms with Crippen molar-refractivity contribution in [3.8, 4) is 23.0 Å². The highest BCUT2D eigenvalue weighted by Crippen LogP contribution is 2.45. The number of rotatable bonds is 6. The second-order valence-electron chi connectivity index (χ2n) is 12.6. The van der Waals surface area contributed by atoms with Crippen molar-refractivity contribution < 1.29 is 20.4 Å². The molecular weight excluding hydrogens is 624 g/mol. The molecule has 0 fully saturated rings. The molecule has 0 aliphatic heterocycles. The van der Waals surface area contributed by atoms with Gasteiger partial charge in [0.2, 0.25) is 0 Å². The Bertz CT molecular complexity index is 1840. The quantitative estimate of drug-likeness (QED) is 0.136. The second-order valence-corrected chi connectivity index (χ2v) is 13.5. The lowest BCUT2D eigenvalue weighted by Crippen LogP contribution is -2.11. The Balaban J connectivity index is 1.77. The van der Waals surface area contributed by atoms with Gasteiger partial charge >= 0.3 is 0 Å². The van der Waals surface area contributed by atoms with Gasteiger partial charge in [-0.2, -0.15) is 0 Å². The maximum atomic E-state index is 10.5. The molecule has 4 N–H and O–H groups in total. The fourth-order valence-electron chi connectivity index (χ4n) is 6.52. The molecule has 0 bridgehead atoms. The fourth-order valence-corrected chi connectivity index (χ4v) is 7.15. The van der Waals surface area contributed by atoms with Gasteiger partial charge in [0.1, 0.15) is 23.0 Å². The van der Waals surface area contributed by atoms with E-state index in [1.165, 1.54) is 0 Å². The minimum atomic E-state index is -0.166. The molecule has 0 aliphatic carbocycles. The average molecular weight is 666 g/mol. The summed E-state index contributed by atoms with van der Waals surface area (Å²) in [6.45, 7) is 15.7. The molecule has 0 saturated heterocycles. The topological polar surface area (TPSA) is 80.9 Å². The van der Waals surface area contributed by atoms with Crippen LogP contribution in [0.2, 0.25) is 0 Å². The van der Waals surface area contributed by atoms with Gasteiger partial charge in [-0.1, -0.05) is 52.3 Å². The van der Waals surface area contributed by atoms with Crippen molar-refractivity contribution in [3.05, 3.63) is 149 Å². The van der Waals surface area contributed by atoms with Crippen molar-refractivity contribution in [1.29, 1.82) is 0 Å². The van der Waals surface area contributed by atoms with Crippen molar-refractivity contribution >= 4 is 15.9 Å². The first-order valence-electron chi connectivity index (χ1n) is 15.2. The normalized spacial score (nSPS) is 11.5. The Labute approximate surface area is 274 Å². The van der Waals surface area contributed by atoms with Crippen LogP contribution in [0.25, 0.3) is 0 Å². The molecule has 0 radical (unpaired) electrons. The first-order chi connectivity index (χ1) is 21.2. The highest BCUT2D eigenvalue weighted by atomic mass is 79.9. The molecule has 0 aromatic heterocycles. The molecular formula is C40H41BrO4. The maximum absolute atomic E-state index is 10.5. The van der Waals surface area contributed by atoms with E-state index in [4.69, 9.17) is 0 Å². The zero-order valence-electron chi connectivity index (χ0n) is 27.2. The second kappa shape index (κ2) is 12.3. The summed E-state index contributed by atoms with van der Waals surface area (Å²) < 4.78 is 0.937. The van der Waals surface area contributed by atoms with Crippen LogP contribution < -0.4 is 0 Å². The number of hydrogen-bond acceptors (Lipinski definition) is 4. The van der Waals surface area contributed by atoms with Crippen LogP contribution in [0, 0.1) is 55.4 Å². The van der Waals surface area contributed by atoms with E-state index >= 15 is 0 Å². The van der Waals surface area contributed by atoms with Crippen molar-refractivity contribution in [2.75, 3.05) is 0 Å². The van der Waals surface area contributed by atoms with Gasteiger partial charge in [-0.25, -0.2) is 0 Å². The van der Waals surface area contributed by atoms with Crippen LogP contribution in [0.5, 0.6) is 23.0 Å². The fraction of sp³-hybridized carbons (Fsp3) is 0.250. The molecule has 0 aliphatic rings. The summed E-state index contributed by atoms with van der Waals surface area (Å²) in [7, 11) is 0. The van der Waals surface area contributed by atoms with Crippen molar-refractivity contribution in [2.45, 2.75) is 67.2 Å². The van der Waals surface area contributed by atoms with Gasteiger partial charge in [0.15, 0.2) is 0 Å². The van der Waals surface area contributed by atoms with Gasteiger partial charge in [-0.05, 0) is 164 Å². The van der Waals surface area contributed by atoms with E-state index in [1.807, 2.05) is 79.7 Å². The molecule has 45 heavy (non-hydrogen) atoms. The van der Waals surface area contributed by atoms with E-state index in [0.717, 1.165) is 82.4 Å². The Morgan fingerprint density at radius 1 is 0.378 bits per heavy atom. The monoisotopic (exact) mass is 664 g/mol. The molecule has 0 amide bonds. The Morgan fingerprint density at radius 2 is 0.689 bits per heavy atom. The van der Waals surface area contributed by atoms with Crippen LogP contribution >= 0.6 is 15.9 Å². The number of aryl methyl sites for hydroxylation is 8. The lowest BCUT2D eigenvalue weighted by molar-refractivity contribution is 0.469. The highest BCUT2D eigenvalue weighted by molar-refractivity contribution is 9.10. The van der Waals surface area contributed by atoms with Crippen molar-refractivity contribution in [1.82, 2.24) is 0 Å². The zero-order chi connectivity index (χ0) is 32.9. The lowest BCUT2D eigenvalue weighted by Gasteiger charge is -2.28. The predicted molar refractivity (Wildman–Crippen MR) is 186 cm³/mol. The molecule has 0 heterocycles. The van der Waals surface area contributed by atoms with E-state index in [9.17, 15) is 20.4 Å². The van der Waals surface area contributed by atoms with Gasteiger partial charge in [-0.3, -0.25) is 0 Å². The summed E-state index contributed by atoms with van der Waals surface area (Å²) >= 11 is 3.98. The highest BCUT2D eigenvalue weighted by Gasteiger charge is 2.27. The third kappa shape index (κ3) is 6.06. The largest absolute Gasteiger partial charge is 0.508 e. The van der Waals surface area contributed by atoms with Crippen LogP contribution in [0.15, 0.2) is 71.2 Å². The van der Waals surface area contributed by atoms with Crippen LogP contribution in [-0.2, 0) is 0 Å². The first kappa shape index (κ1) is 32.2. The van der Waals surface area contributed by atoms with Crippen LogP contribution in [0.1, 0.15) is 89.7 Å². The van der Waals surface area contributed by atoms with Gasteiger partial charge in [0, 0.05) is 16.3 Å². The van der Waals surface area contributed by atoms with Gasteiger partial charge in [-0.15, -0.1) is 0 Å². The van der Waals surface area contributed by atoms with Crippen LogP contribution in [0.4, 0.5) is 0 Å². The predicted octanol–water partition coefficient (Wildman–Crippen LogP) is 10.1. The smallest absolute Gasteiger partial charge is 0.118 e. The number of aromatic hydroxyl groups is 4. The Kier molecular flexibility index (Phi) is 8.79. The molecule has 232 valence electrons. The summed E-state index contributed by atoms with van der Waals surface area (Å²) in [4.78, 5) is 0. The summed E-state index contributed by atoms with van der Waals surface area (Å²) in [6, 6.07) is 22.1. The standard InChI is InChI=1S/C40H41BrO4/c1-20-15-35(42)24(5)11-30(20)39(31-12-25(6)36(43)16-21(31)2)28-9-10-29(34(41)19-28)40(32-13-26(7)37(44)17-22(32)3)33-14-27(8)38(45)18-23(33)4/h9-19,39-40,42-45H,1-8H3. The minimum Gasteiger partial charge on any atom is -0.508 e. The first-order valence-corrected chi connectivity index (χ1v) is 16.0. The molecule has 5 rings (SSSR count). The van der Waals surface area contributed by atoms with E-state index < -0.39 is 0 Å². The summed E-state index contributed by atoms with van der Waals surface area (Å²) in [6.07, 6.45) is 0. The molecule has 0 saturated carbocycles. The number of benzene rings is 5. The number of phenolic OH excluding ortho intramolecular Hbond substituents is 4. The van der Waals surface area contributed by atoms with Crippen molar-refractivity contribution in [2.24, 2.45) is 0 Å². The SMILES string of the molecule is Cc1cc(C(c2ccc(C(c3cc(C)c(O)cc3C)c3cc(C)c(O)cc3C)c(Br)c2)c2cc(C)c(O)cc2C)c(C)cc1O. The van der Waals surface area contributed by atoms with E-state index in [-0.39, 0.29) is 34.8 Å². The van der Waals surface area contributed by atoms with E-state index in [2.05, 4.69) is 58.4 Å². The average Bonchev–Trinajstić information content (AvgIpc) is 2.96. The van der Waals surface area contributed by atoms with Gasteiger partial charge < -0.3 is 20.4 Å². The minimum absolute atomic E-state index is 0.150. The summed E-state index contributed by atoms with van der Waals surface area (Å²) in [5, 5.41) is 42.0. The molecule has 4 nitrogen and oxygen atoms in total. The number of phenols is 4. The lowest BCUT2D eigenvalue weighted by atomic mass is 9.77. The van der Waals surface area contributed by atoms with E-state index in [1.54, 1.807) is 0 Å². The third-order valence-corrected chi connectivity index (χ3v) is 9.94. The Hall–Kier alpha value is -4.22. The molecule has 0 atom stereocenters. The Morgan fingerprint density at radius 3 is 1.00 bits per heavy atom.